The van der Waals surface area contributed by atoms with E-state index in [0.29, 0.717) is 22.3 Å². The van der Waals surface area contributed by atoms with Crippen molar-refractivity contribution in [3.8, 4) is 5.75 Å². The SMILES string of the molecule is C[C@@H](Oc1ccc(Cl)cc1Cl)C(=O)NC[C@H]1CCCO1. The number of ether oxygens (including phenoxy) is 2. The molecule has 1 saturated heterocycles. The first-order chi connectivity index (χ1) is 9.56. The molecular weight excluding hydrogens is 301 g/mol. The van der Waals surface area contributed by atoms with Crippen molar-refractivity contribution in [3.05, 3.63) is 28.2 Å². The van der Waals surface area contributed by atoms with Gasteiger partial charge < -0.3 is 14.8 Å². The highest BCUT2D eigenvalue weighted by molar-refractivity contribution is 6.35. The van der Waals surface area contributed by atoms with Crippen LogP contribution in [-0.2, 0) is 9.53 Å². The third-order valence-electron chi connectivity index (χ3n) is 3.09. The summed E-state index contributed by atoms with van der Waals surface area (Å²) in [4.78, 5) is 11.9. The minimum absolute atomic E-state index is 0.116. The van der Waals surface area contributed by atoms with Crippen LogP contribution >= 0.6 is 23.2 Å². The molecule has 1 fully saturated rings. The van der Waals surface area contributed by atoms with E-state index in [1.165, 1.54) is 0 Å². The first-order valence-corrected chi connectivity index (χ1v) is 7.33. The van der Waals surface area contributed by atoms with Crippen LogP contribution in [0, 0.1) is 0 Å². The summed E-state index contributed by atoms with van der Waals surface area (Å²) in [5.74, 6) is 0.252. The molecule has 1 N–H and O–H groups in total. The van der Waals surface area contributed by atoms with Crippen LogP contribution in [0.3, 0.4) is 0 Å². The Morgan fingerprint density at radius 1 is 1.55 bits per heavy atom. The van der Waals surface area contributed by atoms with Gasteiger partial charge >= 0.3 is 0 Å². The third-order valence-corrected chi connectivity index (χ3v) is 3.63. The second kappa shape index (κ2) is 7.16. The lowest BCUT2D eigenvalue weighted by Gasteiger charge is -2.17. The summed E-state index contributed by atoms with van der Waals surface area (Å²) in [6, 6.07) is 4.89. The molecular formula is C14H17Cl2NO3. The van der Waals surface area contributed by atoms with Gasteiger partial charge in [0.15, 0.2) is 6.10 Å². The lowest BCUT2D eigenvalue weighted by Crippen LogP contribution is -2.40. The van der Waals surface area contributed by atoms with E-state index in [1.807, 2.05) is 0 Å². The predicted molar refractivity (Wildman–Crippen MR) is 78.5 cm³/mol. The Kier molecular flexibility index (Phi) is 5.52. The van der Waals surface area contributed by atoms with Crippen molar-refractivity contribution < 1.29 is 14.3 Å². The normalized spacial score (nSPS) is 19.6. The molecule has 2 rings (SSSR count). The topological polar surface area (TPSA) is 47.6 Å². The average molecular weight is 318 g/mol. The van der Waals surface area contributed by atoms with E-state index in [9.17, 15) is 4.79 Å². The van der Waals surface area contributed by atoms with Crippen LogP contribution in [0.2, 0.25) is 10.0 Å². The van der Waals surface area contributed by atoms with E-state index in [0.717, 1.165) is 19.4 Å². The Morgan fingerprint density at radius 3 is 3.00 bits per heavy atom. The maximum absolute atomic E-state index is 11.9. The van der Waals surface area contributed by atoms with E-state index >= 15 is 0 Å². The maximum Gasteiger partial charge on any atom is 0.260 e. The Morgan fingerprint density at radius 2 is 2.35 bits per heavy atom. The molecule has 0 spiro atoms. The molecule has 0 aromatic heterocycles. The molecule has 1 heterocycles. The van der Waals surface area contributed by atoms with Gasteiger partial charge in [-0.05, 0) is 38.0 Å². The lowest BCUT2D eigenvalue weighted by molar-refractivity contribution is -0.127. The van der Waals surface area contributed by atoms with Gasteiger partial charge in [0.1, 0.15) is 5.75 Å². The molecule has 1 aromatic rings. The van der Waals surface area contributed by atoms with Crippen LogP contribution in [0.1, 0.15) is 19.8 Å². The van der Waals surface area contributed by atoms with Gasteiger partial charge in [0.2, 0.25) is 0 Å². The van der Waals surface area contributed by atoms with E-state index in [2.05, 4.69) is 5.32 Å². The van der Waals surface area contributed by atoms with Crippen molar-refractivity contribution >= 4 is 29.1 Å². The van der Waals surface area contributed by atoms with E-state index in [4.69, 9.17) is 32.7 Å². The standard InChI is InChI=1S/C14H17Cl2NO3/c1-9(14(18)17-8-11-3-2-6-19-11)20-13-5-4-10(15)7-12(13)16/h4-5,7,9,11H,2-3,6,8H2,1H3,(H,17,18)/t9-,11-/m1/s1. The fourth-order valence-corrected chi connectivity index (χ4v) is 2.43. The fraction of sp³-hybridized carbons (Fsp3) is 0.500. The van der Waals surface area contributed by atoms with E-state index in [1.54, 1.807) is 25.1 Å². The van der Waals surface area contributed by atoms with Gasteiger partial charge in [0, 0.05) is 18.2 Å². The highest BCUT2D eigenvalue weighted by atomic mass is 35.5. The lowest BCUT2D eigenvalue weighted by atomic mass is 10.2. The van der Waals surface area contributed by atoms with E-state index < -0.39 is 6.10 Å². The number of rotatable bonds is 5. The first-order valence-electron chi connectivity index (χ1n) is 6.57. The van der Waals surface area contributed by atoms with Crippen molar-refractivity contribution in [1.29, 1.82) is 0 Å². The smallest absolute Gasteiger partial charge is 0.260 e. The zero-order valence-electron chi connectivity index (χ0n) is 11.2. The van der Waals surface area contributed by atoms with Crippen molar-refractivity contribution in [2.45, 2.75) is 32.0 Å². The van der Waals surface area contributed by atoms with Crippen LogP contribution in [0.5, 0.6) is 5.75 Å². The molecule has 110 valence electrons. The number of carbonyl (C=O) groups excluding carboxylic acids is 1. The monoisotopic (exact) mass is 317 g/mol. The quantitative estimate of drug-likeness (QED) is 0.908. The molecule has 1 aliphatic heterocycles. The van der Waals surface area contributed by atoms with Crippen molar-refractivity contribution in [2.75, 3.05) is 13.2 Å². The summed E-state index contributed by atoms with van der Waals surface area (Å²) >= 11 is 11.8. The Bertz CT molecular complexity index is 475. The second-order valence-corrected chi connectivity index (χ2v) is 5.56. The van der Waals surface area contributed by atoms with E-state index in [-0.39, 0.29) is 12.0 Å². The fourth-order valence-electron chi connectivity index (χ4n) is 1.98. The number of amides is 1. The van der Waals surface area contributed by atoms with Crippen LogP contribution in [-0.4, -0.2) is 31.3 Å². The van der Waals surface area contributed by atoms with Gasteiger partial charge in [0.05, 0.1) is 11.1 Å². The second-order valence-electron chi connectivity index (χ2n) is 4.72. The van der Waals surface area contributed by atoms with Crippen LogP contribution < -0.4 is 10.1 Å². The van der Waals surface area contributed by atoms with Crippen molar-refractivity contribution in [3.63, 3.8) is 0 Å². The zero-order valence-corrected chi connectivity index (χ0v) is 12.7. The van der Waals surface area contributed by atoms with Gasteiger partial charge in [-0.25, -0.2) is 0 Å². The minimum Gasteiger partial charge on any atom is -0.479 e. The van der Waals surface area contributed by atoms with Crippen molar-refractivity contribution in [1.82, 2.24) is 5.32 Å². The molecule has 4 nitrogen and oxygen atoms in total. The largest absolute Gasteiger partial charge is 0.479 e. The zero-order chi connectivity index (χ0) is 14.5. The number of halogens is 2. The van der Waals surface area contributed by atoms with Crippen molar-refractivity contribution in [2.24, 2.45) is 0 Å². The molecule has 1 aliphatic rings. The number of hydrogen-bond acceptors (Lipinski definition) is 3. The summed E-state index contributed by atoms with van der Waals surface area (Å²) in [7, 11) is 0. The first kappa shape index (κ1) is 15.4. The Hall–Kier alpha value is -0.970. The van der Waals surface area contributed by atoms with Gasteiger partial charge in [-0.2, -0.15) is 0 Å². The predicted octanol–water partition coefficient (Wildman–Crippen LogP) is 3.06. The number of carbonyl (C=O) groups is 1. The Labute approximate surface area is 128 Å². The molecule has 2 atom stereocenters. The average Bonchev–Trinajstić information content (AvgIpc) is 2.92. The molecule has 1 aromatic carbocycles. The summed E-state index contributed by atoms with van der Waals surface area (Å²) in [6.45, 7) is 2.96. The molecule has 0 radical (unpaired) electrons. The van der Waals surface area contributed by atoms with Crippen LogP contribution in [0.4, 0.5) is 0 Å². The van der Waals surface area contributed by atoms with Gasteiger partial charge in [-0.3, -0.25) is 4.79 Å². The Balaban J connectivity index is 1.83. The summed E-state index contributed by atoms with van der Waals surface area (Å²) < 4.78 is 11.0. The molecule has 20 heavy (non-hydrogen) atoms. The molecule has 0 unspecified atom stereocenters. The summed E-state index contributed by atoms with van der Waals surface area (Å²) in [5.41, 5.74) is 0. The summed E-state index contributed by atoms with van der Waals surface area (Å²) in [6.07, 6.45) is 1.52. The summed E-state index contributed by atoms with van der Waals surface area (Å²) in [5, 5.41) is 3.73. The third kappa shape index (κ3) is 4.27. The molecule has 0 saturated carbocycles. The minimum atomic E-state index is -0.630. The van der Waals surface area contributed by atoms with Gasteiger partial charge in [0.25, 0.3) is 5.91 Å². The highest BCUT2D eigenvalue weighted by Crippen LogP contribution is 2.28. The number of hydrogen-bond donors (Lipinski definition) is 1. The number of nitrogens with one attached hydrogen (secondary N) is 1. The maximum atomic E-state index is 11.9. The molecule has 1 amide bonds. The molecule has 6 heteroatoms. The van der Waals surface area contributed by atoms with Gasteiger partial charge in [-0.15, -0.1) is 0 Å². The van der Waals surface area contributed by atoms with Crippen LogP contribution in [0.15, 0.2) is 18.2 Å². The molecule has 0 bridgehead atoms. The highest BCUT2D eigenvalue weighted by Gasteiger charge is 2.20. The number of benzene rings is 1. The van der Waals surface area contributed by atoms with Gasteiger partial charge in [-0.1, -0.05) is 23.2 Å². The van der Waals surface area contributed by atoms with Crippen LogP contribution in [0.25, 0.3) is 0 Å². The molecule has 0 aliphatic carbocycles.